The van der Waals surface area contributed by atoms with Crippen molar-refractivity contribution in [3.8, 4) is 0 Å². The van der Waals surface area contributed by atoms with Gasteiger partial charge in [-0.3, -0.25) is 4.79 Å². The first-order valence-electron chi connectivity index (χ1n) is 7.84. The van der Waals surface area contributed by atoms with Crippen molar-refractivity contribution in [2.24, 2.45) is 11.3 Å². The Hall–Kier alpha value is -1.73. The van der Waals surface area contributed by atoms with Crippen LogP contribution in [0.2, 0.25) is 0 Å². The van der Waals surface area contributed by atoms with E-state index < -0.39 is 17.2 Å². The molecule has 136 valence electrons. The van der Waals surface area contributed by atoms with E-state index in [9.17, 15) is 9.90 Å². The van der Waals surface area contributed by atoms with E-state index in [-0.39, 0.29) is 18.4 Å². The zero-order valence-electron chi connectivity index (χ0n) is 15.0. The fourth-order valence-electron chi connectivity index (χ4n) is 3.28. The number of ether oxygens (including phenoxy) is 5. The third-order valence-electron chi connectivity index (χ3n) is 4.79. The maximum atomic E-state index is 12.2. The van der Waals surface area contributed by atoms with Crippen LogP contribution in [0.4, 0.5) is 0 Å². The van der Waals surface area contributed by atoms with Crippen molar-refractivity contribution in [2.45, 2.75) is 39.1 Å². The highest BCUT2D eigenvalue weighted by Crippen LogP contribution is 2.47. The summed E-state index contributed by atoms with van der Waals surface area (Å²) >= 11 is 0. The van der Waals surface area contributed by atoms with Gasteiger partial charge in [-0.05, 0) is 19.9 Å². The minimum absolute atomic E-state index is 0.149. The fourth-order valence-corrected chi connectivity index (χ4v) is 3.28. The van der Waals surface area contributed by atoms with Gasteiger partial charge in [0.15, 0.2) is 17.3 Å². The quantitative estimate of drug-likeness (QED) is 0.793. The summed E-state index contributed by atoms with van der Waals surface area (Å²) in [5.74, 6) is -0.878. The van der Waals surface area contributed by atoms with Crippen LogP contribution < -0.4 is 0 Å². The molecule has 7 heteroatoms. The number of carboxylic acid groups (broad SMARTS) is 1. The van der Waals surface area contributed by atoms with Gasteiger partial charge in [-0.2, -0.15) is 0 Å². The lowest BCUT2D eigenvalue weighted by atomic mass is 9.68. The first kappa shape index (κ1) is 18.6. The maximum Gasteiger partial charge on any atom is 0.314 e. The van der Waals surface area contributed by atoms with E-state index in [0.717, 1.165) is 0 Å². The SMILES string of the molecule is COC1=C[C@](C(=O)O)(C(C)[C@H]2COC(C)(C)O2)CC(OC)=C1OC. The molecule has 0 saturated carbocycles. The predicted octanol–water partition coefficient (Wildman–Crippen LogP) is 2.28. The molecular formula is C17H26O7. The van der Waals surface area contributed by atoms with Crippen LogP contribution in [-0.2, 0) is 28.5 Å². The molecule has 1 fully saturated rings. The van der Waals surface area contributed by atoms with Gasteiger partial charge in [0.25, 0.3) is 0 Å². The highest BCUT2D eigenvalue weighted by molar-refractivity contribution is 5.79. The first-order chi connectivity index (χ1) is 11.2. The lowest BCUT2D eigenvalue weighted by Gasteiger charge is -2.38. The van der Waals surface area contributed by atoms with Crippen molar-refractivity contribution in [2.75, 3.05) is 27.9 Å². The number of carbonyl (C=O) groups is 1. The van der Waals surface area contributed by atoms with Crippen molar-refractivity contribution in [3.63, 3.8) is 0 Å². The van der Waals surface area contributed by atoms with Gasteiger partial charge in [0, 0.05) is 12.3 Å². The number of carboxylic acids is 1. The molecule has 0 bridgehead atoms. The second-order valence-electron chi connectivity index (χ2n) is 6.55. The van der Waals surface area contributed by atoms with Crippen molar-refractivity contribution in [1.29, 1.82) is 0 Å². The summed E-state index contributed by atoms with van der Waals surface area (Å²) in [5, 5.41) is 10.0. The third-order valence-corrected chi connectivity index (χ3v) is 4.79. The van der Waals surface area contributed by atoms with Crippen molar-refractivity contribution < 1.29 is 33.6 Å². The van der Waals surface area contributed by atoms with E-state index in [1.54, 1.807) is 6.08 Å². The minimum atomic E-state index is -1.24. The number of hydrogen-bond donors (Lipinski definition) is 1. The molecule has 0 amide bonds. The van der Waals surface area contributed by atoms with Crippen LogP contribution in [0.25, 0.3) is 0 Å². The fraction of sp³-hybridized carbons (Fsp3) is 0.706. The van der Waals surface area contributed by atoms with Gasteiger partial charge in [0.05, 0.1) is 34.0 Å². The highest BCUT2D eigenvalue weighted by atomic mass is 16.7. The zero-order valence-corrected chi connectivity index (χ0v) is 15.0. The summed E-state index contributed by atoms with van der Waals surface area (Å²) in [4.78, 5) is 12.2. The number of aliphatic carboxylic acids is 1. The average Bonchev–Trinajstić information content (AvgIpc) is 2.92. The summed E-state index contributed by atoms with van der Waals surface area (Å²) in [5.41, 5.74) is -1.24. The van der Waals surface area contributed by atoms with Crippen LogP contribution in [0, 0.1) is 11.3 Å². The second kappa shape index (κ2) is 6.64. The molecule has 24 heavy (non-hydrogen) atoms. The van der Waals surface area contributed by atoms with Crippen LogP contribution in [-0.4, -0.2) is 50.9 Å². The Morgan fingerprint density at radius 2 is 1.96 bits per heavy atom. The topological polar surface area (TPSA) is 83.5 Å². The molecule has 7 nitrogen and oxygen atoms in total. The molecule has 1 N–H and O–H groups in total. The summed E-state index contributed by atoms with van der Waals surface area (Å²) in [7, 11) is 4.45. The molecule has 1 aliphatic carbocycles. The zero-order chi connectivity index (χ0) is 18.1. The Morgan fingerprint density at radius 3 is 2.38 bits per heavy atom. The van der Waals surface area contributed by atoms with E-state index in [0.29, 0.717) is 23.9 Å². The summed E-state index contributed by atoms with van der Waals surface area (Å²) in [6.07, 6.45) is 1.39. The number of methoxy groups -OCH3 is 3. The molecule has 1 aliphatic heterocycles. The number of allylic oxidation sites excluding steroid dienone is 1. The smallest absolute Gasteiger partial charge is 0.314 e. The standard InChI is InChI=1S/C17H26O7/c1-10(13-9-23-16(2,3)24-13)17(15(18)19)7-11(20-4)14(22-6)12(8-17)21-5/h7,10,13H,8-9H2,1-6H3,(H,18,19)/t10?,13-,17-/m1/s1. The van der Waals surface area contributed by atoms with Gasteiger partial charge in [-0.1, -0.05) is 6.92 Å². The predicted molar refractivity (Wildman–Crippen MR) is 84.9 cm³/mol. The molecule has 1 unspecified atom stereocenters. The number of hydrogen-bond acceptors (Lipinski definition) is 6. The van der Waals surface area contributed by atoms with Crippen LogP contribution in [0.15, 0.2) is 23.4 Å². The Balaban J connectivity index is 2.44. The molecule has 0 aromatic heterocycles. The van der Waals surface area contributed by atoms with Crippen LogP contribution in [0.3, 0.4) is 0 Å². The van der Waals surface area contributed by atoms with Gasteiger partial charge in [-0.25, -0.2) is 0 Å². The van der Waals surface area contributed by atoms with Crippen LogP contribution in [0.5, 0.6) is 0 Å². The normalized spacial score (nSPS) is 30.6. The summed E-state index contributed by atoms with van der Waals surface area (Å²) in [6, 6.07) is 0. The largest absolute Gasteiger partial charge is 0.497 e. The molecule has 3 atom stereocenters. The van der Waals surface area contributed by atoms with E-state index in [1.165, 1.54) is 21.3 Å². The lowest BCUT2D eigenvalue weighted by Crippen LogP contribution is -2.45. The molecule has 2 rings (SSSR count). The van der Waals surface area contributed by atoms with Gasteiger partial charge < -0.3 is 28.8 Å². The van der Waals surface area contributed by atoms with Gasteiger partial charge >= 0.3 is 5.97 Å². The third kappa shape index (κ3) is 3.10. The highest BCUT2D eigenvalue weighted by Gasteiger charge is 2.52. The van der Waals surface area contributed by atoms with Crippen LogP contribution in [0.1, 0.15) is 27.2 Å². The molecule has 0 aromatic carbocycles. The second-order valence-corrected chi connectivity index (χ2v) is 6.55. The monoisotopic (exact) mass is 342 g/mol. The minimum Gasteiger partial charge on any atom is -0.497 e. The maximum absolute atomic E-state index is 12.2. The Kier molecular flexibility index (Phi) is 5.15. The molecule has 0 spiro atoms. The summed E-state index contributed by atoms with van der Waals surface area (Å²) < 4.78 is 27.5. The Morgan fingerprint density at radius 1 is 1.29 bits per heavy atom. The summed E-state index contributed by atoms with van der Waals surface area (Å²) in [6.45, 7) is 5.81. The molecule has 0 radical (unpaired) electrons. The molecule has 1 saturated heterocycles. The van der Waals surface area contributed by atoms with E-state index in [1.807, 2.05) is 20.8 Å². The molecule has 1 heterocycles. The van der Waals surface area contributed by atoms with Gasteiger partial charge in [-0.15, -0.1) is 0 Å². The van der Waals surface area contributed by atoms with Crippen molar-refractivity contribution in [1.82, 2.24) is 0 Å². The first-order valence-corrected chi connectivity index (χ1v) is 7.84. The van der Waals surface area contributed by atoms with Crippen molar-refractivity contribution in [3.05, 3.63) is 23.4 Å². The van der Waals surface area contributed by atoms with E-state index in [2.05, 4.69) is 0 Å². The molecule has 2 aliphatic rings. The van der Waals surface area contributed by atoms with E-state index >= 15 is 0 Å². The number of rotatable bonds is 6. The Labute approximate surface area is 142 Å². The van der Waals surface area contributed by atoms with Gasteiger partial charge in [0.1, 0.15) is 11.2 Å². The Bertz CT molecular complexity index is 563. The van der Waals surface area contributed by atoms with Gasteiger partial charge in [0.2, 0.25) is 0 Å². The molecule has 0 aromatic rings. The van der Waals surface area contributed by atoms with Crippen molar-refractivity contribution >= 4 is 5.97 Å². The lowest BCUT2D eigenvalue weighted by molar-refractivity contribution is -0.163. The van der Waals surface area contributed by atoms with Crippen LogP contribution >= 0.6 is 0 Å². The molecular weight excluding hydrogens is 316 g/mol. The average molecular weight is 342 g/mol. The van der Waals surface area contributed by atoms with E-state index in [4.69, 9.17) is 23.7 Å².